The maximum absolute atomic E-state index is 5.55. The number of hydrogen-bond acceptors (Lipinski definition) is 2. The van der Waals surface area contributed by atoms with Gasteiger partial charge in [0.1, 0.15) is 0 Å². The van der Waals surface area contributed by atoms with Crippen molar-refractivity contribution in [1.82, 2.24) is 0 Å². The van der Waals surface area contributed by atoms with Gasteiger partial charge in [-0.1, -0.05) is 37.8 Å². The largest absolute Gasteiger partial charge is 0.311 e. The molecule has 0 bridgehead atoms. The van der Waals surface area contributed by atoms with E-state index in [0.717, 1.165) is 6.61 Å². The Bertz CT molecular complexity index is 256. The van der Waals surface area contributed by atoms with Crippen LogP contribution in [0.2, 0.25) is 25.7 Å². The average molecular weight is 226 g/mol. The summed E-state index contributed by atoms with van der Waals surface area (Å²) >= 11 is 1.48. The van der Waals surface area contributed by atoms with Crippen LogP contribution in [0.25, 0.3) is 0 Å². The Morgan fingerprint density at radius 2 is 1.79 bits per heavy atom. The molecule has 78 valence electrons. The SMILES string of the molecule is C[Si](C)(C)CCOSc1ccccc1. The van der Waals surface area contributed by atoms with Gasteiger partial charge >= 0.3 is 0 Å². The fraction of sp³-hybridized carbons (Fsp3) is 0.455. The summed E-state index contributed by atoms with van der Waals surface area (Å²) in [5.41, 5.74) is 0. The lowest BCUT2D eigenvalue weighted by Crippen LogP contribution is -2.20. The van der Waals surface area contributed by atoms with Crippen LogP contribution in [0.3, 0.4) is 0 Å². The van der Waals surface area contributed by atoms with Crippen molar-refractivity contribution in [1.29, 1.82) is 0 Å². The number of benzene rings is 1. The lowest BCUT2D eigenvalue weighted by molar-refractivity contribution is 0.399. The highest BCUT2D eigenvalue weighted by Crippen LogP contribution is 2.19. The van der Waals surface area contributed by atoms with Crippen molar-refractivity contribution in [2.45, 2.75) is 30.6 Å². The van der Waals surface area contributed by atoms with Gasteiger partial charge in [-0.15, -0.1) is 0 Å². The van der Waals surface area contributed by atoms with E-state index >= 15 is 0 Å². The molecule has 0 saturated heterocycles. The summed E-state index contributed by atoms with van der Waals surface area (Å²) in [5.74, 6) is 0. The molecule has 0 aliphatic rings. The average Bonchev–Trinajstić information content (AvgIpc) is 2.13. The van der Waals surface area contributed by atoms with Gasteiger partial charge in [-0.25, -0.2) is 0 Å². The molecule has 0 aliphatic heterocycles. The normalized spacial score (nSPS) is 11.6. The molecule has 0 saturated carbocycles. The maximum Gasteiger partial charge on any atom is 0.0595 e. The maximum atomic E-state index is 5.55. The first kappa shape index (κ1) is 11.8. The minimum absolute atomic E-state index is 0.870. The minimum atomic E-state index is -0.934. The topological polar surface area (TPSA) is 9.23 Å². The van der Waals surface area contributed by atoms with Gasteiger partial charge < -0.3 is 4.18 Å². The van der Waals surface area contributed by atoms with Crippen LogP contribution in [0, 0.1) is 0 Å². The van der Waals surface area contributed by atoms with E-state index in [2.05, 4.69) is 31.8 Å². The van der Waals surface area contributed by atoms with E-state index in [-0.39, 0.29) is 0 Å². The molecular formula is C11H18OSSi. The molecule has 0 aromatic heterocycles. The van der Waals surface area contributed by atoms with Crippen molar-refractivity contribution in [3.63, 3.8) is 0 Å². The van der Waals surface area contributed by atoms with E-state index in [1.54, 1.807) is 0 Å². The van der Waals surface area contributed by atoms with E-state index in [9.17, 15) is 0 Å². The molecule has 0 radical (unpaired) electrons. The zero-order chi connectivity index (χ0) is 10.4. The third-order valence-corrected chi connectivity index (χ3v) is 4.29. The van der Waals surface area contributed by atoms with E-state index in [1.807, 2.05) is 18.2 Å². The Hall–Kier alpha value is -0.253. The van der Waals surface area contributed by atoms with Crippen molar-refractivity contribution in [2.75, 3.05) is 6.61 Å². The molecule has 0 N–H and O–H groups in total. The quantitative estimate of drug-likeness (QED) is 0.425. The van der Waals surface area contributed by atoms with Crippen LogP contribution < -0.4 is 0 Å². The third-order valence-electron chi connectivity index (χ3n) is 1.83. The highest BCUT2D eigenvalue weighted by atomic mass is 32.2. The second-order valence-electron chi connectivity index (χ2n) is 4.53. The smallest absolute Gasteiger partial charge is 0.0595 e. The van der Waals surface area contributed by atoms with Crippen LogP contribution in [0.15, 0.2) is 35.2 Å². The molecule has 1 aromatic carbocycles. The molecule has 1 aromatic rings. The van der Waals surface area contributed by atoms with Gasteiger partial charge in [0.2, 0.25) is 0 Å². The second kappa shape index (κ2) is 5.58. The first-order valence-electron chi connectivity index (χ1n) is 4.92. The van der Waals surface area contributed by atoms with Gasteiger partial charge in [-0.3, -0.25) is 0 Å². The molecule has 0 atom stereocenters. The van der Waals surface area contributed by atoms with Crippen LogP contribution in [0.1, 0.15) is 0 Å². The fourth-order valence-electron chi connectivity index (χ4n) is 0.934. The predicted octanol–water partition coefficient (Wildman–Crippen LogP) is 4.05. The zero-order valence-electron chi connectivity index (χ0n) is 9.12. The van der Waals surface area contributed by atoms with E-state index < -0.39 is 8.07 Å². The summed E-state index contributed by atoms with van der Waals surface area (Å²) in [5, 5.41) is 0. The molecule has 0 unspecified atom stereocenters. The van der Waals surface area contributed by atoms with E-state index in [4.69, 9.17) is 4.18 Å². The molecule has 0 fully saturated rings. The molecule has 0 spiro atoms. The van der Waals surface area contributed by atoms with Gasteiger partial charge in [-0.2, -0.15) is 0 Å². The highest BCUT2D eigenvalue weighted by molar-refractivity contribution is 7.94. The number of rotatable bonds is 5. The summed E-state index contributed by atoms with van der Waals surface area (Å²) in [6.07, 6.45) is 0. The molecule has 1 rings (SSSR count). The van der Waals surface area contributed by atoms with E-state index in [0.29, 0.717) is 0 Å². The first-order chi connectivity index (χ1) is 6.58. The van der Waals surface area contributed by atoms with Gasteiger partial charge in [0.15, 0.2) is 0 Å². The Balaban J connectivity index is 2.17. The molecule has 1 nitrogen and oxygen atoms in total. The molecule has 0 amide bonds. The Labute approximate surface area is 92.1 Å². The van der Waals surface area contributed by atoms with Crippen molar-refractivity contribution >= 4 is 20.1 Å². The van der Waals surface area contributed by atoms with Gasteiger partial charge in [-0.05, 0) is 18.2 Å². The Morgan fingerprint density at radius 1 is 1.14 bits per heavy atom. The Morgan fingerprint density at radius 3 is 2.36 bits per heavy atom. The van der Waals surface area contributed by atoms with Crippen LogP contribution in [0.5, 0.6) is 0 Å². The highest BCUT2D eigenvalue weighted by Gasteiger charge is 2.12. The zero-order valence-corrected chi connectivity index (χ0v) is 10.9. The summed E-state index contributed by atoms with van der Waals surface area (Å²) < 4.78 is 5.55. The standard InChI is InChI=1S/C11H18OSSi/c1-14(2,3)10-9-12-13-11-7-5-4-6-8-11/h4-8H,9-10H2,1-3H3. The van der Waals surface area contributed by atoms with Crippen LogP contribution >= 0.6 is 12.0 Å². The van der Waals surface area contributed by atoms with Crippen molar-refractivity contribution in [3.8, 4) is 0 Å². The third kappa shape index (κ3) is 5.47. The van der Waals surface area contributed by atoms with Crippen molar-refractivity contribution in [3.05, 3.63) is 30.3 Å². The molecule has 14 heavy (non-hydrogen) atoms. The summed E-state index contributed by atoms with van der Waals surface area (Å²) in [4.78, 5) is 1.18. The van der Waals surface area contributed by atoms with Crippen molar-refractivity contribution in [2.24, 2.45) is 0 Å². The fourth-order valence-corrected chi connectivity index (χ4v) is 2.37. The minimum Gasteiger partial charge on any atom is -0.311 e. The first-order valence-corrected chi connectivity index (χ1v) is 9.37. The lowest BCUT2D eigenvalue weighted by Gasteiger charge is -2.14. The molecule has 0 heterocycles. The summed E-state index contributed by atoms with van der Waals surface area (Å²) in [7, 11) is -0.934. The summed E-state index contributed by atoms with van der Waals surface area (Å²) in [6.45, 7) is 7.96. The van der Waals surface area contributed by atoms with Crippen LogP contribution in [0.4, 0.5) is 0 Å². The molecular weight excluding hydrogens is 208 g/mol. The van der Waals surface area contributed by atoms with Crippen LogP contribution in [-0.4, -0.2) is 14.7 Å². The molecule has 3 heteroatoms. The predicted molar refractivity (Wildman–Crippen MR) is 66.4 cm³/mol. The Kier molecular flexibility index (Phi) is 4.71. The van der Waals surface area contributed by atoms with Gasteiger partial charge in [0, 0.05) is 25.0 Å². The number of hydrogen-bond donors (Lipinski definition) is 0. The summed E-state index contributed by atoms with van der Waals surface area (Å²) in [6, 6.07) is 11.5. The second-order valence-corrected chi connectivity index (χ2v) is 11.0. The van der Waals surface area contributed by atoms with Crippen molar-refractivity contribution < 1.29 is 4.18 Å². The van der Waals surface area contributed by atoms with Crippen LogP contribution in [-0.2, 0) is 4.18 Å². The van der Waals surface area contributed by atoms with E-state index in [1.165, 1.54) is 23.0 Å². The monoisotopic (exact) mass is 226 g/mol. The lowest BCUT2D eigenvalue weighted by atomic mass is 10.4. The van der Waals surface area contributed by atoms with Gasteiger partial charge in [0.25, 0.3) is 0 Å². The van der Waals surface area contributed by atoms with Gasteiger partial charge in [0.05, 0.1) is 6.61 Å². The molecule has 0 aliphatic carbocycles.